The number of aryl methyl sites for hydroxylation is 1. The van der Waals surface area contributed by atoms with Crippen molar-refractivity contribution in [2.75, 3.05) is 19.6 Å². The third-order valence-corrected chi connectivity index (χ3v) is 5.00. The second kappa shape index (κ2) is 8.63. The molecule has 114 valence electrons. The molecular weight excluding hydrogens is 346 g/mol. The van der Waals surface area contributed by atoms with Crippen LogP contribution in [0.25, 0.3) is 0 Å². The van der Waals surface area contributed by atoms with Crippen LogP contribution >= 0.6 is 27.3 Å². The van der Waals surface area contributed by atoms with E-state index in [0.717, 1.165) is 44.1 Å². The van der Waals surface area contributed by atoms with Gasteiger partial charge in [-0.05, 0) is 47.6 Å². The first-order valence-electron chi connectivity index (χ1n) is 7.26. The number of rotatable bonds is 8. The minimum atomic E-state index is 0.921. The minimum absolute atomic E-state index is 0.921. The van der Waals surface area contributed by atoms with Crippen LogP contribution in [0.4, 0.5) is 0 Å². The molecule has 0 unspecified atom stereocenters. The lowest BCUT2D eigenvalue weighted by Crippen LogP contribution is -2.31. The van der Waals surface area contributed by atoms with Crippen molar-refractivity contribution in [3.05, 3.63) is 50.4 Å². The summed E-state index contributed by atoms with van der Waals surface area (Å²) in [5, 5.41) is 5.63. The first kappa shape index (κ1) is 16.6. The number of pyridine rings is 1. The SMILES string of the molecule is CCN(CCNCc1cc(Br)cs1)Cc1cccc(C)n1. The van der Waals surface area contributed by atoms with Crippen LogP contribution in [-0.4, -0.2) is 29.5 Å². The maximum atomic E-state index is 4.57. The van der Waals surface area contributed by atoms with E-state index < -0.39 is 0 Å². The molecule has 0 saturated heterocycles. The molecule has 0 bridgehead atoms. The van der Waals surface area contributed by atoms with Crippen LogP contribution in [0, 0.1) is 6.92 Å². The van der Waals surface area contributed by atoms with Crippen LogP contribution in [0.5, 0.6) is 0 Å². The molecule has 2 aromatic heterocycles. The highest BCUT2D eigenvalue weighted by Gasteiger charge is 2.05. The molecule has 0 atom stereocenters. The van der Waals surface area contributed by atoms with Gasteiger partial charge in [-0.25, -0.2) is 0 Å². The van der Waals surface area contributed by atoms with E-state index in [1.165, 1.54) is 9.35 Å². The van der Waals surface area contributed by atoms with Gasteiger partial charge in [0.15, 0.2) is 0 Å². The van der Waals surface area contributed by atoms with Gasteiger partial charge in [-0.1, -0.05) is 13.0 Å². The summed E-state index contributed by atoms with van der Waals surface area (Å²) in [6.45, 7) is 9.18. The van der Waals surface area contributed by atoms with Crippen LogP contribution in [-0.2, 0) is 13.1 Å². The van der Waals surface area contributed by atoms with Crippen molar-refractivity contribution < 1.29 is 0 Å². The first-order chi connectivity index (χ1) is 10.2. The second-order valence-corrected chi connectivity index (χ2v) is 6.96. The van der Waals surface area contributed by atoms with Crippen molar-refractivity contribution in [1.29, 1.82) is 0 Å². The highest BCUT2D eigenvalue weighted by atomic mass is 79.9. The fourth-order valence-corrected chi connectivity index (χ4v) is 3.58. The standard InChI is InChI=1S/C16H22BrN3S/c1-3-20(11-15-6-4-5-13(2)19-15)8-7-18-10-16-9-14(17)12-21-16/h4-6,9,12,18H,3,7-8,10-11H2,1-2H3. The van der Waals surface area contributed by atoms with Crippen molar-refractivity contribution in [1.82, 2.24) is 15.2 Å². The van der Waals surface area contributed by atoms with E-state index in [1.807, 2.05) is 13.0 Å². The van der Waals surface area contributed by atoms with Gasteiger partial charge in [0.1, 0.15) is 0 Å². The maximum absolute atomic E-state index is 4.57. The summed E-state index contributed by atoms with van der Waals surface area (Å²) in [5.74, 6) is 0. The van der Waals surface area contributed by atoms with E-state index in [0.29, 0.717) is 0 Å². The van der Waals surface area contributed by atoms with Gasteiger partial charge in [-0.2, -0.15) is 0 Å². The number of halogens is 1. The molecule has 0 amide bonds. The Morgan fingerprint density at radius 3 is 2.90 bits per heavy atom. The molecule has 0 aliphatic carbocycles. The molecule has 0 aliphatic rings. The van der Waals surface area contributed by atoms with Gasteiger partial charge < -0.3 is 5.32 Å². The van der Waals surface area contributed by atoms with Gasteiger partial charge in [0.05, 0.1) is 5.69 Å². The Morgan fingerprint density at radius 2 is 2.24 bits per heavy atom. The number of likely N-dealkylation sites (N-methyl/N-ethyl adjacent to an activating group) is 1. The summed E-state index contributed by atoms with van der Waals surface area (Å²) in [6, 6.07) is 8.40. The number of nitrogens with one attached hydrogen (secondary N) is 1. The second-order valence-electron chi connectivity index (χ2n) is 5.05. The summed E-state index contributed by atoms with van der Waals surface area (Å²) < 4.78 is 1.17. The average Bonchev–Trinajstić information content (AvgIpc) is 2.88. The van der Waals surface area contributed by atoms with Crippen LogP contribution < -0.4 is 5.32 Å². The zero-order chi connectivity index (χ0) is 15.1. The van der Waals surface area contributed by atoms with Gasteiger partial charge in [-0.3, -0.25) is 9.88 Å². The topological polar surface area (TPSA) is 28.2 Å². The van der Waals surface area contributed by atoms with Gasteiger partial charge in [0.25, 0.3) is 0 Å². The molecule has 3 nitrogen and oxygen atoms in total. The molecule has 1 N–H and O–H groups in total. The van der Waals surface area contributed by atoms with Crippen molar-refractivity contribution in [2.45, 2.75) is 26.9 Å². The molecule has 2 aromatic rings. The van der Waals surface area contributed by atoms with Crippen LogP contribution in [0.3, 0.4) is 0 Å². The van der Waals surface area contributed by atoms with E-state index in [9.17, 15) is 0 Å². The third-order valence-electron chi connectivity index (χ3n) is 3.30. The predicted octanol–water partition coefficient (Wildman–Crippen LogP) is 3.83. The van der Waals surface area contributed by atoms with Crippen LogP contribution in [0.15, 0.2) is 34.1 Å². The Bertz CT molecular complexity index is 556. The summed E-state index contributed by atoms with van der Waals surface area (Å²) in [4.78, 5) is 8.36. The van der Waals surface area contributed by atoms with E-state index in [4.69, 9.17) is 0 Å². The van der Waals surface area contributed by atoms with Gasteiger partial charge >= 0.3 is 0 Å². The molecular formula is C16H22BrN3S. The molecule has 0 saturated carbocycles. The molecule has 5 heteroatoms. The molecule has 2 heterocycles. The summed E-state index contributed by atoms with van der Waals surface area (Å²) >= 11 is 5.27. The largest absolute Gasteiger partial charge is 0.311 e. The van der Waals surface area contributed by atoms with Gasteiger partial charge in [-0.15, -0.1) is 11.3 Å². The van der Waals surface area contributed by atoms with Gasteiger partial charge in [0, 0.05) is 46.6 Å². The minimum Gasteiger partial charge on any atom is -0.311 e. The summed E-state index contributed by atoms with van der Waals surface area (Å²) in [5.41, 5.74) is 2.24. The fraction of sp³-hybridized carbons (Fsp3) is 0.438. The molecule has 0 aliphatic heterocycles. The van der Waals surface area contributed by atoms with E-state index in [-0.39, 0.29) is 0 Å². The lowest BCUT2D eigenvalue weighted by Gasteiger charge is -2.20. The number of thiophene rings is 1. The van der Waals surface area contributed by atoms with Crippen LogP contribution in [0.2, 0.25) is 0 Å². The van der Waals surface area contributed by atoms with Crippen molar-refractivity contribution in [3.63, 3.8) is 0 Å². The Hall–Kier alpha value is -0.750. The Kier molecular flexibility index (Phi) is 6.83. The van der Waals surface area contributed by atoms with Crippen molar-refractivity contribution >= 4 is 27.3 Å². The number of hydrogen-bond donors (Lipinski definition) is 1. The zero-order valence-corrected chi connectivity index (χ0v) is 15.0. The molecule has 21 heavy (non-hydrogen) atoms. The summed E-state index contributed by atoms with van der Waals surface area (Å²) in [7, 11) is 0. The Morgan fingerprint density at radius 1 is 1.38 bits per heavy atom. The number of hydrogen-bond acceptors (Lipinski definition) is 4. The molecule has 0 spiro atoms. The maximum Gasteiger partial charge on any atom is 0.0547 e. The Balaban J connectivity index is 1.72. The van der Waals surface area contributed by atoms with Crippen molar-refractivity contribution in [2.24, 2.45) is 0 Å². The molecule has 0 aromatic carbocycles. The highest BCUT2D eigenvalue weighted by Crippen LogP contribution is 2.19. The normalized spacial score (nSPS) is 11.2. The zero-order valence-electron chi connectivity index (χ0n) is 12.6. The van der Waals surface area contributed by atoms with E-state index >= 15 is 0 Å². The fourth-order valence-electron chi connectivity index (χ4n) is 2.16. The molecule has 0 radical (unpaired) electrons. The first-order valence-corrected chi connectivity index (χ1v) is 8.93. The van der Waals surface area contributed by atoms with Crippen LogP contribution in [0.1, 0.15) is 23.2 Å². The quantitative estimate of drug-likeness (QED) is 0.718. The van der Waals surface area contributed by atoms with Crippen molar-refractivity contribution in [3.8, 4) is 0 Å². The highest BCUT2D eigenvalue weighted by molar-refractivity contribution is 9.10. The number of nitrogens with zero attached hydrogens (tertiary/aromatic N) is 2. The lowest BCUT2D eigenvalue weighted by molar-refractivity contribution is 0.275. The smallest absolute Gasteiger partial charge is 0.0547 e. The lowest BCUT2D eigenvalue weighted by atomic mass is 10.3. The number of aromatic nitrogens is 1. The average molecular weight is 368 g/mol. The Labute approximate surface area is 139 Å². The van der Waals surface area contributed by atoms with E-state index in [2.05, 4.69) is 61.6 Å². The summed E-state index contributed by atoms with van der Waals surface area (Å²) in [6.07, 6.45) is 0. The molecule has 0 fully saturated rings. The monoisotopic (exact) mass is 367 g/mol. The predicted molar refractivity (Wildman–Crippen MR) is 93.7 cm³/mol. The third kappa shape index (κ3) is 5.87. The van der Waals surface area contributed by atoms with Gasteiger partial charge in [0.2, 0.25) is 0 Å². The van der Waals surface area contributed by atoms with E-state index in [1.54, 1.807) is 11.3 Å². The molecule has 2 rings (SSSR count).